The Hall–Kier alpha value is -0.670. The Kier molecular flexibility index (Phi) is 4.88. The highest BCUT2D eigenvalue weighted by atomic mass is 35.5. The second-order valence-electron chi connectivity index (χ2n) is 2.70. The van der Waals surface area contributed by atoms with Crippen molar-refractivity contribution in [2.24, 2.45) is 5.73 Å². The molecule has 0 spiro atoms. The monoisotopic (exact) mass is 207 g/mol. The number of rotatable bonds is 2. The van der Waals surface area contributed by atoms with Crippen LogP contribution < -0.4 is 5.73 Å². The fourth-order valence-corrected chi connectivity index (χ4v) is 1.09. The predicted octanol–water partition coefficient (Wildman–Crippen LogP) is 2.20. The van der Waals surface area contributed by atoms with Gasteiger partial charge in [-0.3, -0.25) is 0 Å². The van der Waals surface area contributed by atoms with Gasteiger partial charge in [0.15, 0.2) is 0 Å². The zero-order chi connectivity index (χ0) is 9.14. The van der Waals surface area contributed by atoms with Crippen LogP contribution >= 0.6 is 12.4 Å². The van der Waals surface area contributed by atoms with Gasteiger partial charge in [-0.25, -0.2) is 8.78 Å². The Morgan fingerprint density at radius 1 is 1.31 bits per heavy atom. The van der Waals surface area contributed by atoms with Crippen LogP contribution in [-0.4, -0.2) is 6.54 Å². The molecule has 2 N–H and O–H groups in total. The quantitative estimate of drug-likeness (QED) is 0.791. The zero-order valence-corrected chi connectivity index (χ0v) is 8.13. The molecule has 1 nitrogen and oxygen atoms in total. The molecule has 0 aliphatic rings. The van der Waals surface area contributed by atoms with Crippen LogP contribution in [0.15, 0.2) is 12.1 Å². The molecule has 0 aliphatic heterocycles. The predicted molar refractivity (Wildman–Crippen MR) is 51.1 cm³/mol. The van der Waals surface area contributed by atoms with Gasteiger partial charge in [0, 0.05) is 5.56 Å². The third-order valence-electron chi connectivity index (χ3n) is 1.77. The maximum Gasteiger partial charge on any atom is 0.132 e. The number of hydrogen-bond acceptors (Lipinski definition) is 1. The summed E-state index contributed by atoms with van der Waals surface area (Å²) in [5.74, 6) is -0.982. The van der Waals surface area contributed by atoms with Crippen molar-refractivity contribution < 1.29 is 8.78 Å². The number of nitrogens with two attached hydrogens (primary N) is 1. The van der Waals surface area contributed by atoms with Crippen molar-refractivity contribution >= 4 is 12.4 Å². The number of aryl methyl sites for hydroxylation is 1. The van der Waals surface area contributed by atoms with Crippen molar-refractivity contribution in [2.45, 2.75) is 13.3 Å². The van der Waals surface area contributed by atoms with E-state index in [9.17, 15) is 8.78 Å². The van der Waals surface area contributed by atoms with Gasteiger partial charge in [0.25, 0.3) is 0 Å². The van der Waals surface area contributed by atoms with E-state index in [4.69, 9.17) is 5.73 Å². The van der Waals surface area contributed by atoms with Crippen LogP contribution in [0.4, 0.5) is 8.78 Å². The number of benzene rings is 1. The Labute approximate surface area is 82.4 Å². The maximum atomic E-state index is 13.2. The molecular weight excluding hydrogens is 196 g/mol. The summed E-state index contributed by atoms with van der Waals surface area (Å²) in [7, 11) is 0. The molecule has 0 atom stereocenters. The Bertz CT molecular complexity index is 289. The van der Waals surface area contributed by atoms with Gasteiger partial charge >= 0.3 is 0 Å². The highest BCUT2D eigenvalue weighted by Gasteiger charge is 2.09. The summed E-state index contributed by atoms with van der Waals surface area (Å²) in [4.78, 5) is 0. The van der Waals surface area contributed by atoms with E-state index in [1.54, 1.807) is 6.92 Å². The first-order valence-electron chi connectivity index (χ1n) is 3.80. The summed E-state index contributed by atoms with van der Waals surface area (Å²) < 4.78 is 26.1. The summed E-state index contributed by atoms with van der Waals surface area (Å²) in [5, 5.41) is 0. The second kappa shape index (κ2) is 5.14. The summed E-state index contributed by atoms with van der Waals surface area (Å²) in [6, 6.07) is 2.69. The van der Waals surface area contributed by atoms with Crippen LogP contribution in [0.5, 0.6) is 0 Å². The molecule has 0 aromatic heterocycles. The van der Waals surface area contributed by atoms with Gasteiger partial charge in [0.2, 0.25) is 0 Å². The largest absolute Gasteiger partial charge is 0.330 e. The molecule has 0 fully saturated rings. The SMILES string of the molecule is Cc1ccc(F)c(CCN)c1F.Cl. The van der Waals surface area contributed by atoms with Crippen molar-refractivity contribution in [1.29, 1.82) is 0 Å². The topological polar surface area (TPSA) is 26.0 Å². The average molecular weight is 208 g/mol. The Morgan fingerprint density at radius 2 is 1.92 bits per heavy atom. The molecule has 0 radical (unpaired) electrons. The normalized spacial score (nSPS) is 9.54. The van der Waals surface area contributed by atoms with Gasteiger partial charge in [0.05, 0.1) is 0 Å². The summed E-state index contributed by atoms with van der Waals surface area (Å²) in [6.45, 7) is 1.87. The van der Waals surface area contributed by atoms with Gasteiger partial charge in [-0.1, -0.05) is 6.07 Å². The minimum Gasteiger partial charge on any atom is -0.330 e. The van der Waals surface area contributed by atoms with E-state index < -0.39 is 11.6 Å². The van der Waals surface area contributed by atoms with E-state index in [0.29, 0.717) is 5.56 Å². The molecule has 0 unspecified atom stereocenters. The lowest BCUT2D eigenvalue weighted by atomic mass is 10.1. The lowest BCUT2D eigenvalue weighted by molar-refractivity contribution is 0.550. The lowest BCUT2D eigenvalue weighted by Crippen LogP contribution is -2.07. The van der Waals surface area contributed by atoms with Crippen molar-refractivity contribution in [3.63, 3.8) is 0 Å². The molecule has 13 heavy (non-hydrogen) atoms. The fraction of sp³-hybridized carbons (Fsp3) is 0.333. The first-order chi connectivity index (χ1) is 5.66. The van der Waals surface area contributed by atoms with Crippen LogP contribution in [0.2, 0.25) is 0 Å². The number of hydrogen-bond donors (Lipinski definition) is 1. The molecule has 0 saturated heterocycles. The third-order valence-corrected chi connectivity index (χ3v) is 1.77. The Morgan fingerprint density at radius 3 is 2.46 bits per heavy atom. The van der Waals surface area contributed by atoms with Gasteiger partial charge in [-0.2, -0.15) is 0 Å². The van der Waals surface area contributed by atoms with Gasteiger partial charge < -0.3 is 5.73 Å². The molecule has 1 aromatic rings. The van der Waals surface area contributed by atoms with Crippen LogP contribution in [0, 0.1) is 18.6 Å². The molecule has 0 aliphatic carbocycles. The molecular formula is C9H12ClF2N. The molecule has 0 amide bonds. The van der Waals surface area contributed by atoms with E-state index >= 15 is 0 Å². The average Bonchev–Trinajstić information content (AvgIpc) is 2.06. The molecule has 0 heterocycles. The minimum atomic E-state index is -0.511. The first kappa shape index (κ1) is 12.3. The van der Waals surface area contributed by atoms with Gasteiger partial charge in [0.1, 0.15) is 11.6 Å². The van der Waals surface area contributed by atoms with E-state index in [1.807, 2.05) is 0 Å². The lowest BCUT2D eigenvalue weighted by Gasteiger charge is -2.04. The molecule has 74 valence electrons. The highest BCUT2D eigenvalue weighted by Crippen LogP contribution is 2.16. The maximum absolute atomic E-state index is 13.2. The van der Waals surface area contributed by atoms with Crippen LogP contribution in [-0.2, 0) is 6.42 Å². The van der Waals surface area contributed by atoms with Crippen molar-refractivity contribution in [1.82, 2.24) is 0 Å². The van der Waals surface area contributed by atoms with Gasteiger partial charge in [-0.15, -0.1) is 12.4 Å². The van der Waals surface area contributed by atoms with E-state index in [-0.39, 0.29) is 30.9 Å². The van der Waals surface area contributed by atoms with Crippen LogP contribution in [0.1, 0.15) is 11.1 Å². The molecule has 4 heteroatoms. The molecule has 1 aromatic carbocycles. The summed E-state index contributed by atoms with van der Waals surface area (Å²) >= 11 is 0. The zero-order valence-electron chi connectivity index (χ0n) is 7.31. The first-order valence-corrected chi connectivity index (χ1v) is 3.80. The van der Waals surface area contributed by atoms with Crippen molar-refractivity contribution in [2.75, 3.05) is 6.54 Å². The summed E-state index contributed by atoms with van der Waals surface area (Å²) in [6.07, 6.45) is 0.249. The van der Waals surface area contributed by atoms with E-state index in [0.717, 1.165) is 0 Å². The van der Waals surface area contributed by atoms with Crippen molar-refractivity contribution in [3.8, 4) is 0 Å². The molecule has 1 rings (SSSR count). The van der Waals surface area contributed by atoms with Crippen molar-refractivity contribution in [3.05, 3.63) is 34.9 Å². The molecule has 0 saturated carbocycles. The second-order valence-corrected chi connectivity index (χ2v) is 2.70. The molecule has 0 bridgehead atoms. The highest BCUT2D eigenvalue weighted by molar-refractivity contribution is 5.85. The van der Waals surface area contributed by atoms with Gasteiger partial charge in [-0.05, 0) is 31.5 Å². The summed E-state index contributed by atoms with van der Waals surface area (Å²) in [5.41, 5.74) is 5.77. The standard InChI is InChI=1S/C9H11F2N.ClH/c1-6-2-3-8(10)7(4-5-12)9(6)11;/h2-3H,4-5,12H2,1H3;1H. The third kappa shape index (κ3) is 2.64. The van der Waals surface area contributed by atoms with E-state index in [1.165, 1.54) is 12.1 Å². The van der Waals surface area contributed by atoms with Crippen LogP contribution in [0.25, 0.3) is 0 Å². The fourth-order valence-electron chi connectivity index (χ4n) is 1.09. The van der Waals surface area contributed by atoms with Crippen LogP contribution in [0.3, 0.4) is 0 Å². The minimum absolute atomic E-state index is 0. The Balaban J connectivity index is 0.00000144. The smallest absolute Gasteiger partial charge is 0.132 e. The van der Waals surface area contributed by atoms with E-state index in [2.05, 4.69) is 0 Å². The number of halogens is 3.